The van der Waals surface area contributed by atoms with Crippen LogP contribution < -0.4 is 10.2 Å². The van der Waals surface area contributed by atoms with Gasteiger partial charge in [-0.05, 0) is 31.7 Å². The van der Waals surface area contributed by atoms with Crippen LogP contribution >= 0.6 is 35.6 Å². The van der Waals surface area contributed by atoms with Crippen LogP contribution in [0, 0.1) is 0 Å². The summed E-state index contributed by atoms with van der Waals surface area (Å²) in [5.74, 6) is 1.02. The molecule has 2 fully saturated rings. The number of hydrogen-bond acceptors (Lipinski definition) is 4. The van der Waals surface area contributed by atoms with Crippen LogP contribution in [0.15, 0.2) is 29.3 Å². The summed E-state index contributed by atoms with van der Waals surface area (Å²) in [5, 5.41) is 4.40. The highest BCUT2D eigenvalue weighted by molar-refractivity contribution is 14.0. The fraction of sp³-hybridized carbons (Fsp3) is 0.667. The average molecular weight is 535 g/mol. The molecule has 1 atom stereocenters. The van der Waals surface area contributed by atoms with Gasteiger partial charge < -0.3 is 20.0 Å². The average Bonchev–Trinajstić information content (AvgIpc) is 2.74. The first-order valence-electron chi connectivity index (χ1n) is 10.5. The molecule has 2 saturated heterocycles. The van der Waals surface area contributed by atoms with Gasteiger partial charge in [-0.25, -0.2) is 0 Å². The van der Waals surface area contributed by atoms with Crippen LogP contribution in [-0.4, -0.2) is 99.2 Å². The molecule has 2 heterocycles. The van der Waals surface area contributed by atoms with E-state index in [1.807, 2.05) is 25.2 Å². The Hall–Kier alpha value is -0.770. The second-order valence-electron chi connectivity index (χ2n) is 7.70. The van der Waals surface area contributed by atoms with Crippen molar-refractivity contribution in [3.8, 4) is 0 Å². The van der Waals surface area contributed by atoms with E-state index in [1.165, 1.54) is 18.8 Å². The molecular formula is C21H36ClIN6. The zero-order valence-corrected chi connectivity index (χ0v) is 21.1. The lowest BCUT2D eigenvalue weighted by Crippen LogP contribution is -2.56. The van der Waals surface area contributed by atoms with Gasteiger partial charge in [0.25, 0.3) is 0 Å². The molecule has 1 aromatic rings. The first-order chi connectivity index (χ1) is 13.6. The summed E-state index contributed by atoms with van der Waals surface area (Å²) in [6.07, 6.45) is 0. The number of rotatable bonds is 5. The Labute approximate surface area is 198 Å². The predicted molar refractivity (Wildman–Crippen MR) is 135 cm³/mol. The summed E-state index contributed by atoms with van der Waals surface area (Å²) in [6, 6.07) is 8.64. The van der Waals surface area contributed by atoms with Crippen LogP contribution in [0.3, 0.4) is 0 Å². The molecule has 2 aliphatic heterocycles. The lowest BCUT2D eigenvalue weighted by molar-refractivity contribution is 0.107. The fourth-order valence-electron chi connectivity index (χ4n) is 4.07. The van der Waals surface area contributed by atoms with Gasteiger partial charge in [0.05, 0.1) is 0 Å². The minimum absolute atomic E-state index is 0. The van der Waals surface area contributed by atoms with Crippen molar-refractivity contribution in [2.45, 2.75) is 19.9 Å². The number of anilines is 1. The number of piperazine rings is 2. The van der Waals surface area contributed by atoms with Crippen molar-refractivity contribution in [2.24, 2.45) is 4.99 Å². The molecular weight excluding hydrogens is 499 g/mol. The van der Waals surface area contributed by atoms with E-state index < -0.39 is 0 Å². The summed E-state index contributed by atoms with van der Waals surface area (Å²) in [6.45, 7) is 15.2. The zero-order valence-electron chi connectivity index (χ0n) is 18.0. The first kappa shape index (κ1) is 24.5. The van der Waals surface area contributed by atoms with E-state index in [9.17, 15) is 0 Å². The Morgan fingerprint density at radius 3 is 2.38 bits per heavy atom. The second kappa shape index (κ2) is 12.2. The Balaban J connectivity index is 0.00000300. The van der Waals surface area contributed by atoms with Crippen LogP contribution in [0.2, 0.25) is 5.02 Å². The fourth-order valence-corrected chi connectivity index (χ4v) is 4.25. The third-order valence-corrected chi connectivity index (χ3v) is 6.23. The molecule has 164 valence electrons. The van der Waals surface area contributed by atoms with Crippen LogP contribution in [0.5, 0.6) is 0 Å². The van der Waals surface area contributed by atoms with Crippen LogP contribution in [0.1, 0.15) is 13.8 Å². The van der Waals surface area contributed by atoms with Crippen LogP contribution in [0.4, 0.5) is 5.69 Å². The van der Waals surface area contributed by atoms with Gasteiger partial charge in [-0.3, -0.25) is 9.89 Å². The van der Waals surface area contributed by atoms with Gasteiger partial charge in [0.1, 0.15) is 0 Å². The maximum atomic E-state index is 6.14. The molecule has 29 heavy (non-hydrogen) atoms. The van der Waals surface area contributed by atoms with Gasteiger partial charge in [0.15, 0.2) is 5.96 Å². The van der Waals surface area contributed by atoms with E-state index in [-0.39, 0.29) is 24.0 Å². The van der Waals surface area contributed by atoms with E-state index in [1.54, 1.807) is 0 Å². The maximum absolute atomic E-state index is 6.14. The van der Waals surface area contributed by atoms with Crippen molar-refractivity contribution in [2.75, 3.05) is 77.4 Å². The monoisotopic (exact) mass is 534 g/mol. The van der Waals surface area contributed by atoms with E-state index in [0.717, 1.165) is 63.3 Å². The zero-order chi connectivity index (χ0) is 19.9. The van der Waals surface area contributed by atoms with Crippen LogP contribution in [-0.2, 0) is 0 Å². The standard InChI is InChI=1S/C21H35ClN6.HI/c1-4-25-8-10-26(11-9-25)18(2)17-24-21(23-3)28-14-12-27(13-15-28)20-7-5-6-19(22)16-20;/h5-7,16,18H,4,8-15,17H2,1-3H3,(H,23,24);1H. The van der Waals surface area contributed by atoms with Crippen molar-refractivity contribution in [3.63, 3.8) is 0 Å². The van der Waals surface area contributed by atoms with Crippen molar-refractivity contribution in [3.05, 3.63) is 29.3 Å². The molecule has 6 nitrogen and oxygen atoms in total. The lowest BCUT2D eigenvalue weighted by Gasteiger charge is -2.39. The molecule has 0 amide bonds. The van der Waals surface area contributed by atoms with Crippen LogP contribution in [0.25, 0.3) is 0 Å². The van der Waals surface area contributed by atoms with E-state index in [0.29, 0.717) is 6.04 Å². The molecule has 0 saturated carbocycles. The molecule has 1 unspecified atom stereocenters. The normalized spacial score (nSPS) is 20.3. The summed E-state index contributed by atoms with van der Waals surface area (Å²) in [4.78, 5) is 14.4. The number of likely N-dealkylation sites (N-methyl/N-ethyl adjacent to an activating group) is 1. The minimum atomic E-state index is 0. The van der Waals surface area contributed by atoms with E-state index in [2.05, 4.69) is 49.8 Å². The molecule has 0 aliphatic carbocycles. The van der Waals surface area contributed by atoms with Crippen molar-refractivity contribution >= 4 is 47.2 Å². The highest BCUT2D eigenvalue weighted by Gasteiger charge is 2.23. The third-order valence-electron chi connectivity index (χ3n) is 6.00. The van der Waals surface area contributed by atoms with Crippen molar-refractivity contribution < 1.29 is 0 Å². The van der Waals surface area contributed by atoms with Gasteiger partial charge >= 0.3 is 0 Å². The quantitative estimate of drug-likeness (QED) is 0.357. The van der Waals surface area contributed by atoms with E-state index >= 15 is 0 Å². The molecule has 8 heteroatoms. The number of hydrogen-bond donors (Lipinski definition) is 1. The summed E-state index contributed by atoms with van der Waals surface area (Å²) >= 11 is 6.14. The Morgan fingerprint density at radius 2 is 1.79 bits per heavy atom. The first-order valence-corrected chi connectivity index (χ1v) is 10.9. The number of nitrogens with zero attached hydrogens (tertiary/aromatic N) is 5. The minimum Gasteiger partial charge on any atom is -0.368 e. The Kier molecular flexibility index (Phi) is 10.3. The third kappa shape index (κ3) is 6.87. The van der Waals surface area contributed by atoms with Gasteiger partial charge in [-0.2, -0.15) is 0 Å². The molecule has 0 spiro atoms. The van der Waals surface area contributed by atoms with Crippen molar-refractivity contribution in [1.82, 2.24) is 20.0 Å². The summed E-state index contributed by atoms with van der Waals surface area (Å²) in [5.41, 5.74) is 1.20. The molecule has 0 bridgehead atoms. The number of benzene rings is 1. The number of aliphatic imine (C=N–C) groups is 1. The van der Waals surface area contributed by atoms with Crippen molar-refractivity contribution in [1.29, 1.82) is 0 Å². The highest BCUT2D eigenvalue weighted by Crippen LogP contribution is 2.20. The topological polar surface area (TPSA) is 37.4 Å². The lowest BCUT2D eigenvalue weighted by atomic mass is 10.2. The Bertz CT molecular complexity index is 642. The van der Waals surface area contributed by atoms with E-state index in [4.69, 9.17) is 11.6 Å². The number of nitrogens with one attached hydrogen (secondary N) is 1. The van der Waals surface area contributed by atoms with Gasteiger partial charge in [-0.15, -0.1) is 24.0 Å². The largest absolute Gasteiger partial charge is 0.368 e. The Morgan fingerprint density at radius 1 is 1.10 bits per heavy atom. The van der Waals surface area contributed by atoms with Gasteiger partial charge in [0, 0.05) is 82.7 Å². The number of guanidine groups is 1. The molecule has 3 rings (SSSR count). The highest BCUT2D eigenvalue weighted by atomic mass is 127. The second-order valence-corrected chi connectivity index (χ2v) is 8.14. The molecule has 0 aromatic heterocycles. The van der Waals surface area contributed by atoms with Gasteiger partial charge in [0.2, 0.25) is 0 Å². The predicted octanol–water partition coefficient (Wildman–Crippen LogP) is 2.68. The number of halogens is 2. The SMILES string of the molecule is CCN1CCN(C(C)CNC(=NC)N2CCN(c3cccc(Cl)c3)CC2)CC1.I. The summed E-state index contributed by atoms with van der Waals surface area (Å²) in [7, 11) is 1.89. The molecule has 2 aliphatic rings. The smallest absolute Gasteiger partial charge is 0.193 e. The summed E-state index contributed by atoms with van der Waals surface area (Å²) < 4.78 is 0. The molecule has 0 radical (unpaired) electrons. The molecule has 1 N–H and O–H groups in total. The maximum Gasteiger partial charge on any atom is 0.193 e. The molecule has 1 aromatic carbocycles. The van der Waals surface area contributed by atoms with Gasteiger partial charge in [-0.1, -0.05) is 24.6 Å².